The lowest BCUT2D eigenvalue weighted by Crippen LogP contribution is -2.50. The third-order valence-electron chi connectivity index (χ3n) is 5.45. The molecule has 0 N–H and O–H groups in total. The predicted octanol–water partition coefficient (Wildman–Crippen LogP) is 3.22. The van der Waals surface area contributed by atoms with E-state index in [1.807, 2.05) is 30.3 Å². The molecular formula is C22H21F3N4O4S. The summed E-state index contributed by atoms with van der Waals surface area (Å²) in [6, 6.07) is 12.6. The lowest BCUT2D eigenvalue weighted by atomic mass is 10.2. The predicted molar refractivity (Wildman–Crippen MR) is 115 cm³/mol. The number of aromatic nitrogens is 2. The molecule has 0 spiro atoms. The van der Waals surface area contributed by atoms with Crippen LogP contribution >= 0.6 is 0 Å². The summed E-state index contributed by atoms with van der Waals surface area (Å²) in [6.45, 7) is 0.456. The lowest BCUT2D eigenvalue weighted by Gasteiger charge is -2.34. The molecule has 4 rings (SSSR count). The van der Waals surface area contributed by atoms with Crippen molar-refractivity contribution in [3.63, 3.8) is 0 Å². The van der Waals surface area contributed by atoms with Crippen LogP contribution in [0.3, 0.4) is 0 Å². The Kier molecular flexibility index (Phi) is 6.71. The molecule has 34 heavy (non-hydrogen) atoms. The summed E-state index contributed by atoms with van der Waals surface area (Å²) < 4.78 is 70.5. The molecule has 2 heterocycles. The monoisotopic (exact) mass is 494 g/mol. The second-order valence-electron chi connectivity index (χ2n) is 7.67. The molecule has 0 unspecified atom stereocenters. The van der Waals surface area contributed by atoms with Crippen LogP contribution in [0, 0.1) is 0 Å². The van der Waals surface area contributed by atoms with E-state index < -0.39 is 21.8 Å². The van der Waals surface area contributed by atoms with Gasteiger partial charge in [-0.2, -0.15) is 17.5 Å². The van der Waals surface area contributed by atoms with Gasteiger partial charge in [0.1, 0.15) is 0 Å². The normalized spacial score (nSPS) is 15.4. The summed E-state index contributed by atoms with van der Waals surface area (Å²) >= 11 is 0. The van der Waals surface area contributed by atoms with E-state index >= 15 is 0 Å². The number of hydrogen-bond acceptors (Lipinski definition) is 6. The van der Waals surface area contributed by atoms with E-state index in [1.54, 1.807) is 4.90 Å². The smallest absolute Gasteiger partial charge is 0.416 e. The standard InChI is InChI=1S/C22H21F3N4O4S/c23-22(24,25)17-6-8-18(9-7-17)34(31,32)29-14-12-28(13-15-29)20(30)11-10-19-26-27-21(33-19)16-4-2-1-3-5-16/h1-9H,10-15H2. The summed E-state index contributed by atoms with van der Waals surface area (Å²) in [5, 5.41) is 7.95. The summed E-state index contributed by atoms with van der Waals surface area (Å²) in [7, 11) is -3.96. The minimum Gasteiger partial charge on any atom is -0.421 e. The number of nitrogens with zero attached hydrogens (tertiary/aromatic N) is 4. The molecule has 3 aromatic rings. The molecule has 0 bridgehead atoms. The second kappa shape index (κ2) is 9.55. The molecule has 180 valence electrons. The molecule has 0 saturated carbocycles. The van der Waals surface area contributed by atoms with Crippen molar-refractivity contribution in [1.29, 1.82) is 0 Å². The number of hydrogen-bond donors (Lipinski definition) is 0. The highest BCUT2D eigenvalue weighted by molar-refractivity contribution is 7.89. The van der Waals surface area contributed by atoms with Crippen LogP contribution in [0.1, 0.15) is 17.9 Å². The third-order valence-corrected chi connectivity index (χ3v) is 7.36. The van der Waals surface area contributed by atoms with Gasteiger partial charge in [-0.15, -0.1) is 10.2 Å². The van der Waals surface area contributed by atoms with Crippen molar-refractivity contribution in [1.82, 2.24) is 19.4 Å². The average molecular weight is 494 g/mol. The van der Waals surface area contributed by atoms with Crippen LogP contribution in [0.25, 0.3) is 11.5 Å². The van der Waals surface area contributed by atoms with Crippen LogP contribution in [0.5, 0.6) is 0 Å². The number of piperazine rings is 1. The van der Waals surface area contributed by atoms with Crippen molar-refractivity contribution in [3.05, 3.63) is 66.1 Å². The molecule has 1 fully saturated rings. The number of alkyl halides is 3. The van der Waals surface area contributed by atoms with Crippen molar-refractivity contribution in [3.8, 4) is 11.5 Å². The zero-order valence-corrected chi connectivity index (χ0v) is 18.7. The van der Waals surface area contributed by atoms with Gasteiger partial charge in [0.15, 0.2) is 0 Å². The van der Waals surface area contributed by atoms with Crippen LogP contribution in [0.2, 0.25) is 0 Å². The van der Waals surface area contributed by atoms with Gasteiger partial charge in [-0.3, -0.25) is 4.79 Å². The fourth-order valence-corrected chi connectivity index (χ4v) is 4.99. The van der Waals surface area contributed by atoms with E-state index in [0.717, 1.165) is 29.8 Å². The Morgan fingerprint density at radius 3 is 2.21 bits per heavy atom. The molecule has 1 aliphatic heterocycles. The first-order valence-corrected chi connectivity index (χ1v) is 11.9. The second-order valence-corrected chi connectivity index (χ2v) is 9.61. The number of benzene rings is 2. The highest BCUT2D eigenvalue weighted by atomic mass is 32.2. The Morgan fingerprint density at radius 2 is 1.59 bits per heavy atom. The van der Waals surface area contributed by atoms with Crippen LogP contribution in [-0.4, -0.2) is 59.9 Å². The van der Waals surface area contributed by atoms with Gasteiger partial charge in [-0.05, 0) is 36.4 Å². The van der Waals surface area contributed by atoms with E-state index in [1.165, 1.54) is 4.31 Å². The molecule has 0 radical (unpaired) electrons. The molecule has 1 amide bonds. The maximum Gasteiger partial charge on any atom is 0.416 e. The minimum absolute atomic E-state index is 0.0494. The molecule has 1 aliphatic rings. The van der Waals surface area contributed by atoms with Crippen molar-refractivity contribution in [2.24, 2.45) is 0 Å². The molecule has 2 aromatic carbocycles. The Bertz CT molecular complexity index is 1240. The first-order valence-electron chi connectivity index (χ1n) is 10.5. The van der Waals surface area contributed by atoms with Gasteiger partial charge in [-0.1, -0.05) is 18.2 Å². The van der Waals surface area contributed by atoms with Gasteiger partial charge in [0.05, 0.1) is 10.5 Å². The van der Waals surface area contributed by atoms with Gasteiger partial charge in [0.2, 0.25) is 27.7 Å². The lowest BCUT2D eigenvalue weighted by molar-refractivity contribution is -0.137. The van der Waals surface area contributed by atoms with Crippen LogP contribution in [0.4, 0.5) is 13.2 Å². The number of aryl methyl sites for hydroxylation is 1. The quantitative estimate of drug-likeness (QED) is 0.522. The Morgan fingerprint density at radius 1 is 0.941 bits per heavy atom. The van der Waals surface area contributed by atoms with E-state index in [4.69, 9.17) is 4.42 Å². The summed E-state index contributed by atoms with van der Waals surface area (Å²) in [5.41, 5.74) is -0.142. The van der Waals surface area contributed by atoms with Crippen LogP contribution in [0.15, 0.2) is 63.9 Å². The van der Waals surface area contributed by atoms with Gasteiger partial charge in [0, 0.05) is 44.6 Å². The topological polar surface area (TPSA) is 96.6 Å². The number of carbonyl (C=O) groups is 1. The third kappa shape index (κ3) is 5.28. The molecule has 1 aromatic heterocycles. The van der Waals surface area contributed by atoms with Crippen molar-refractivity contribution >= 4 is 15.9 Å². The van der Waals surface area contributed by atoms with E-state index in [9.17, 15) is 26.4 Å². The van der Waals surface area contributed by atoms with E-state index in [0.29, 0.717) is 11.8 Å². The maximum atomic E-state index is 12.8. The largest absolute Gasteiger partial charge is 0.421 e. The van der Waals surface area contributed by atoms with Gasteiger partial charge in [-0.25, -0.2) is 8.42 Å². The Hall–Kier alpha value is -3.25. The fourth-order valence-electron chi connectivity index (χ4n) is 3.57. The van der Waals surface area contributed by atoms with Crippen molar-refractivity contribution < 1.29 is 30.8 Å². The van der Waals surface area contributed by atoms with Gasteiger partial charge >= 0.3 is 6.18 Å². The fraction of sp³-hybridized carbons (Fsp3) is 0.318. The van der Waals surface area contributed by atoms with Gasteiger partial charge < -0.3 is 9.32 Å². The van der Waals surface area contributed by atoms with Gasteiger partial charge in [0.25, 0.3) is 0 Å². The highest BCUT2D eigenvalue weighted by Gasteiger charge is 2.33. The molecule has 8 nitrogen and oxygen atoms in total. The SMILES string of the molecule is O=C(CCc1nnc(-c2ccccc2)o1)N1CCN(S(=O)(=O)c2ccc(C(F)(F)F)cc2)CC1. The van der Waals surface area contributed by atoms with E-state index in [-0.39, 0.29) is 49.8 Å². The van der Waals surface area contributed by atoms with E-state index in [2.05, 4.69) is 10.2 Å². The Balaban J connectivity index is 1.30. The summed E-state index contributed by atoms with van der Waals surface area (Å²) in [5.74, 6) is 0.520. The minimum atomic E-state index is -4.54. The van der Waals surface area contributed by atoms with Crippen LogP contribution < -0.4 is 0 Å². The molecule has 1 saturated heterocycles. The number of amides is 1. The Labute approximate surface area is 194 Å². The van der Waals surface area contributed by atoms with Crippen LogP contribution in [-0.2, 0) is 27.4 Å². The molecule has 12 heteroatoms. The average Bonchev–Trinajstić information content (AvgIpc) is 3.32. The molecule has 0 atom stereocenters. The summed E-state index contributed by atoms with van der Waals surface area (Å²) in [6.07, 6.45) is -4.16. The zero-order valence-electron chi connectivity index (χ0n) is 17.9. The first kappa shape index (κ1) is 23.9. The highest BCUT2D eigenvalue weighted by Crippen LogP contribution is 2.30. The van der Waals surface area contributed by atoms with Crippen molar-refractivity contribution in [2.75, 3.05) is 26.2 Å². The molecule has 0 aliphatic carbocycles. The van der Waals surface area contributed by atoms with Crippen molar-refractivity contribution in [2.45, 2.75) is 23.9 Å². The number of halogens is 3. The number of sulfonamides is 1. The summed E-state index contributed by atoms with van der Waals surface area (Å²) in [4.78, 5) is 13.9. The molecular weight excluding hydrogens is 473 g/mol. The maximum absolute atomic E-state index is 12.8. The first-order chi connectivity index (χ1) is 16.1. The zero-order chi connectivity index (χ0) is 24.3. The number of carbonyl (C=O) groups excluding carboxylic acids is 1. The number of rotatable bonds is 6.